The van der Waals surface area contributed by atoms with Crippen molar-refractivity contribution in [2.24, 2.45) is 0 Å². The topological polar surface area (TPSA) is 52.7 Å². The van der Waals surface area contributed by atoms with Gasteiger partial charge in [0.25, 0.3) is 5.91 Å². The second-order valence-corrected chi connectivity index (χ2v) is 7.16. The fraction of sp³-hybridized carbons (Fsp3) is 0.300. The van der Waals surface area contributed by atoms with Gasteiger partial charge in [-0.2, -0.15) is 13.2 Å². The fourth-order valence-corrected chi connectivity index (χ4v) is 3.32. The van der Waals surface area contributed by atoms with Crippen LogP contribution in [0.15, 0.2) is 42.5 Å². The quantitative estimate of drug-likeness (QED) is 0.735. The van der Waals surface area contributed by atoms with Crippen LogP contribution in [0.3, 0.4) is 0 Å². The number of hydrogen-bond acceptors (Lipinski definition) is 3. The van der Waals surface area contributed by atoms with Crippen LogP contribution in [0, 0.1) is 5.82 Å². The molecule has 1 N–H and O–H groups in total. The maximum Gasteiger partial charge on any atom is 0.419 e. The number of nitrogens with one attached hydrogen (secondary N) is 1. The summed E-state index contributed by atoms with van der Waals surface area (Å²) in [7, 11) is 0. The minimum Gasteiger partial charge on any atom is -0.368 e. The summed E-state index contributed by atoms with van der Waals surface area (Å²) in [5.41, 5.74) is -0.958. The summed E-state index contributed by atoms with van der Waals surface area (Å²) < 4.78 is 51.7. The molecule has 0 aromatic heterocycles. The molecule has 3 rings (SSSR count). The lowest BCUT2D eigenvalue weighted by atomic mass is 10.1. The van der Waals surface area contributed by atoms with Crippen molar-refractivity contribution in [3.05, 3.63) is 64.4 Å². The first-order valence-corrected chi connectivity index (χ1v) is 9.46. The normalized spacial score (nSPS) is 14.6. The zero-order chi connectivity index (χ0) is 21.9. The van der Waals surface area contributed by atoms with Crippen LogP contribution < -0.4 is 10.2 Å². The Hall–Kier alpha value is -2.81. The molecule has 1 aliphatic rings. The molecule has 0 aliphatic carbocycles. The highest BCUT2D eigenvalue weighted by Gasteiger charge is 2.34. The largest absolute Gasteiger partial charge is 0.419 e. The van der Waals surface area contributed by atoms with E-state index in [1.165, 1.54) is 0 Å². The molecule has 0 atom stereocenters. The van der Waals surface area contributed by atoms with Gasteiger partial charge in [0.05, 0.1) is 12.1 Å². The van der Waals surface area contributed by atoms with Crippen molar-refractivity contribution in [3.8, 4) is 0 Å². The molecule has 1 fully saturated rings. The first kappa shape index (κ1) is 21.9. The molecule has 0 radical (unpaired) electrons. The van der Waals surface area contributed by atoms with Gasteiger partial charge in [0.2, 0.25) is 5.91 Å². The highest BCUT2D eigenvalue weighted by Crippen LogP contribution is 2.31. The number of halogens is 5. The minimum atomic E-state index is -4.92. The van der Waals surface area contributed by atoms with Crippen molar-refractivity contribution in [2.45, 2.75) is 6.18 Å². The summed E-state index contributed by atoms with van der Waals surface area (Å²) in [6.45, 7) is 1.64. The van der Waals surface area contributed by atoms with E-state index in [2.05, 4.69) is 10.2 Å². The van der Waals surface area contributed by atoms with Gasteiger partial charge >= 0.3 is 6.18 Å². The third kappa shape index (κ3) is 5.21. The van der Waals surface area contributed by atoms with Crippen LogP contribution in [0.1, 0.15) is 15.9 Å². The van der Waals surface area contributed by atoms with Crippen LogP contribution >= 0.6 is 11.6 Å². The van der Waals surface area contributed by atoms with E-state index in [0.29, 0.717) is 43.3 Å². The van der Waals surface area contributed by atoms with Gasteiger partial charge in [-0.25, -0.2) is 4.39 Å². The Morgan fingerprint density at radius 1 is 1.03 bits per heavy atom. The van der Waals surface area contributed by atoms with Crippen LogP contribution in [-0.4, -0.2) is 49.4 Å². The van der Waals surface area contributed by atoms with E-state index in [1.807, 2.05) is 18.2 Å². The number of anilines is 1. The smallest absolute Gasteiger partial charge is 0.368 e. The van der Waals surface area contributed by atoms with E-state index >= 15 is 0 Å². The summed E-state index contributed by atoms with van der Waals surface area (Å²) in [6.07, 6.45) is -4.92. The molecular weight excluding hydrogens is 426 g/mol. The Kier molecular flexibility index (Phi) is 6.50. The Morgan fingerprint density at radius 3 is 2.37 bits per heavy atom. The van der Waals surface area contributed by atoms with Crippen LogP contribution in [-0.2, 0) is 11.0 Å². The zero-order valence-corrected chi connectivity index (χ0v) is 16.4. The van der Waals surface area contributed by atoms with Gasteiger partial charge < -0.3 is 15.1 Å². The summed E-state index contributed by atoms with van der Waals surface area (Å²) in [4.78, 5) is 28.1. The van der Waals surface area contributed by atoms with Crippen molar-refractivity contribution in [2.75, 3.05) is 37.6 Å². The van der Waals surface area contributed by atoms with Crippen LogP contribution in [0.2, 0.25) is 5.02 Å². The number of hydrogen-bond donors (Lipinski definition) is 1. The van der Waals surface area contributed by atoms with Crippen molar-refractivity contribution in [3.63, 3.8) is 0 Å². The molecule has 1 heterocycles. The Bertz CT molecular complexity index is 944. The predicted molar refractivity (Wildman–Crippen MR) is 104 cm³/mol. The van der Waals surface area contributed by atoms with Gasteiger partial charge in [0.1, 0.15) is 5.82 Å². The standard InChI is InChI=1S/C20H18ClF4N3O2/c21-14-2-1-3-15(11-14)27-6-8-28(9-7-27)18(29)12-26-19(30)13-4-5-17(22)16(10-13)20(23,24)25/h1-5,10-11H,6-9,12H2,(H,26,30). The average molecular weight is 444 g/mol. The monoisotopic (exact) mass is 443 g/mol. The van der Waals surface area contributed by atoms with Gasteiger partial charge in [0, 0.05) is 42.5 Å². The Labute approximate surface area is 175 Å². The molecule has 0 spiro atoms. The number of carbonyl (C=O) groups is 2. The number of benzene rings is 2. The molecule has 1 aliphatic heterocycles. The molecule has 10 heteroatoms. The maximum atomic E-state index is 13.3. The molecule has 2 aromatic rings. The van der Waals surface area contributed by atoms with Crippen molar-refractivity contribution in [1.82, 2.24) is 10.2 Å². The summed E-state index contributed by atoms with van der Waals surface area (Å²) in [5, 5.41) is 2.91. The molecule has 0 unspecified atom stereocenters. The lowest BCUT2D eigenvalue weighted by Gasteiger charge is -2.36. The highest BCUT2D eigenvalue weighted by molar-refractivity contribution is 6.30. The van der Waals surface area contributed by atoms with E-state index < -0.39 is 23.5 Å². The number of carbonyl (C=O) groups excluding carboxylic acids is 2. The van der Waals surface area contributed by atoms with Gasteiger partial charge in [-0.3, -0.25) is 9.59 Å². The van der Waals surface area contributed by atoms with E-state index in [-0.39, 0.29) is 18.0 Å². The third-order valence-corrected chi connectivity index (χ3v) is 4.97. The van der Waals surface area contributed by atoms with Crippen LogP contribution in [0.4, 0.5) is 23.2 Å². The number of piperazine rings is 1. The zero-order valence-electron chi connectivity index (χ0n) is 15.7. The number of amides is 2. The van der Waals surface area contributed by atoms with Crippen molar-refractivity contribution in [1.29, 1.82) is 0 Å². The summed E-state index contributed by atoms with van der Waals surface area (Å²) >= 11 is 5.99. The Balaban J connectivity index is 1.53. The first-order chi connectivity index (χ1) is 14.1. The molecule has 2 amide bonds. The van der Waals surface area contributed by atoms with Gasteiger partial charge in [-0.15, -0.1) is 0 Å². The molecule has 1 saturated heterocycles. The van der Waals surface area contributed by atoms with Gasteiger partial charge in [-0.05, 0) is 36.4 Å². The average Bonchev–Trinajstić information content (AvgIpc) is 2.71. The van der Waals surface area contributed by atoms with Crippen molar-refractivity contribution < 1.29 is 27.2 Å². The van der Waals surface area contributed by atoms with Crippen LogP contribution in [0.25, 0.3) is 0 Å². The Morgan fingerprint density at radius 2 is 1.73 bits per heavy atom. The highest BCUT2D eigenvalue weighted by atomic mass is 35.5. The first-order valence-electron chi connectivity index (χ1n) is 9.08. The SMILES string of the molecule is O=C(NCC(=O)N1CCN(c2cccc(Cl)c2)CC1)c1ccc(F)c(C(F)(F)F)c1. The molecule has 30 heavy (non-hydrogen) atoms. The van der Waals surface area contributed by atoms with Crippen molar-refractivity contribution >= 4 is 29.1 Å². The maximum absolute atomic E-state index is 13.3. The summed E-state index contributed by atoms with van der Waals surface area (Å²) in [5.74, 6) is -2.70. The fourth-order valence-electron chi connectivity index (χ4n) is 3.14. The van der Waals surface area contributed by atoms with E-state index in [9.17, 15) is 27.2 Å². The molecule has 0 saturated carbocycles. The lowest BCUT2D eigenvalue weighted by Crippen LogP contribution is -2.51. The lowest BCUT2D eigenvalue weighted by molar-refractivity contribution is -0.140. The molecule has 2 aromatic carbocycles. The number of alkyl halides is 3. The second kappa shape index (κ2) is 8.91. The van der Waals surface area contributed by atoms with E-state index in [1.54, 1.807) is 11.0 Å². The van der Waals surface area contributed by atoms with Crippen LogP contribution in [0.5, 0.6) is 0 Å². The predicted octanol–water partition coefficient (Wildman–Crippen LogP) is 3.58. The van der Waals surface area contributed by atoms with E-state index in [4.69, 9.17) is 11.6 Å². The van der Waals surface area contributed by atoms with E-state index in [0.717, 1.165) is 11.8 Å². The second-order valence-electron chi connectivity index (χ2n) is 6.72. The molecular formula is C20H18ClF4N3O2. The summed E-state index contributed by atoms with van der Waals surface area (Å²) in [6, 6.07) is 9.30. The van der Waals surface area contributed by atoms with Gasteiger partial charge in [-0.1, -0.05) is 17.7 Å². The minimum absolute atomic E-state index is 0.354. The third-order valence-electron chi connectivity index (χ3n) is 4.74. The number of nitrogens with zero attached hydrogens (tertiary/aromatic N) is 2. The molecule has 160 valence electrons. The molecule has 0 bridgehead atoms. The van der Waals surface area contributed by atoms with Gasteiger partial charge in [0.15, 0.2) is 0 Å². The molecule has 5 nitrogen and oxygen atoms in total. The number of rotatable bonds is 4.